The number of nitrogens with two attached hydrogens (primary N) is 4. The highest BCUT2D eigenvalue weighted by atomic mass is 35.5. The van der Waals surface area contributed by atoms with E-state index in [1.54, 1.807) is 62.5 Å². The molecule has 105 heavy (non-hydrogen) atoms. The third kappa shape index (κ3) is 22.3. The van der Waals surface area contributed by atoms with Gasteiger partial charge in [0, 0.05) is 115 Å². The van der Waals surface area contributed by atoms with E-state index in [2.05, 4.69) is 99.2 Å². The predicted molar refractivity (Wildman–Crippen MR) is 426 cm³/mol. The van der Waals surface area contributed by atoms with E-state index in [-0.39, 0.29) is 0 Å². The Bertz CT molecular complexity index is 4930. The molecule has 2 atom stereocenters. The number of benzene rings is 4. The molecule has 0 saturated heterocycles. The van der Waals surface area contributed by atoms with E-state index in [4.69, 9.17) is 116 Å². The first kappa shape index (κ1) is 80.5. The van der Waals surface area contributed by atoms with E-state index >= 15 is 0 Å². The minimum absolute atomic E-state index is 0.328. The number of hydrogen-bond donors (Lipinski definition) is 9. The number of fused-ring (bicyclic) bond motifs is 4. The summed E-state index contributed by atoms with van der Waals surface area (Å²) < 4.78 is 8.00. The van der Waals surface area contributed by atoms with Gasteiger partial charge in [0.2, 0.25) is 0 Å². The summed E-state index contributed by atoms with van der Waals surface area (Å²) in [4.78, 5) is 59.6. The summed E-state index contributed by atoms with van der Waals surface area (Å²) in [6.07, 6.45) is 10.3. The van der Waals surface area contributed by atoms with Gasteiger partial charge in [0.25, 0.3) is 0 Å². The number of halogens is 8. The van der Waals surface area contributed by atoms with Crippen LogP contribution in [0.2, 0.25) is 40.2 Å². The monoisotopic (exact) mass is 1650 g/mol. The standard InChI is InChI=1S/C18H14Cl2N6S.C17H20Cl2N6S.2C16H18Cl2N6OS/c19-12-3-4-14(13(20)8-12)27-18-25-15-16(21)23-10-24-17(15)26(18)7-5-11-2-1-6-22-9-11;1-10(2)21-4-3-5-25-16-14(15(20)22-9-23-16)24-17(25)26-13-7-11(18)6-12(19)8-13;2*1-9(25)7-20-4-5-24-15-13(14(19)21-8-22-15)23-16(24)26-12-3-2-10(17)6-11(12)18/h1-4,6,8-10H,5,7H2,(H2,21,23,24);6-10,21H,3-5H2,1-2H3,(H2,20,22,23);2*2-3,6,8-9,20,25H,4-5,7H2,1H3,(H2,19,21,22)/t;;9-;/m..0./s1. The maximum atomic E-state index is 9.37. The molecule has 9 heterocycles. The summed E-state index contributed by atoms with van der Waals surface area (Å²) in [5.74, 6) is 1.38. The average molecular weight is 1660 g/mol. The van der Waals surface area contributed by atoms with Crippen LogP contribution in [0, 0.1) is 0 Å². The highest BCUT2D eigenvalue weighted by Gasteiger charge is 2.22. The highest BCUT2D eigenvalue weighted by molar-refractivity contribution is 8.00. The molecule has 0 radical (unpaired) electrons. The number of rotatable bonds is 26. The molecule has 0 bridgehead atoms. The molecule has 550 valence electrons. The number of imidazole rings is 4. The van der Waals surface area contributed by atoms with Gasteiger partial charge in [0.15, 0.2) is 88.6 Å². The van der Waals surface area contributed by atoms with Crippen molar-refractivity contribution in [2.75, 3.05) is 55.7 Å². The van der Waals surface area contributed by atoms with Crippen LogP contribution in [0.15, 0.2) is 163 Å². The van der Waals surface area contributed by atoms with E-state index < -0.39 is 12.2 Å². The first-order valence-corrected chi connectivity index (χ1v) is 38.5. The SMILES string of the molecule is CC(C)NCCCn1c(Sc2cc(Cl)cc(Cl)c2)nc2c(N)ncnc21.CC(O)CNCCn1c(Sc2ccc(Cl)cc2Cl)nc2c(N)ncnc21.C[C@H](O)CNCCn1c(Sc2ccc(Cl)cc2Cl)nc2c(N)ncnc21.Nc1ncnc2c1nc(Sc1ccc(Cl)cc1Cl)n2CCc1cccnc1. The topological polar surface area (TPSA) is 368 Å². The van der Waals surface area contributed by atoms with E-state index in [1.165, 1.54) is 72.4 Å². The van der Waals surface area contributed by atoms with Gasteiger partial charge < -0.3 is 67.4 Å². The number of nitrogen functional groups attached to an aromatic ring is 4. The molecule has 38 heteroatoms. The highest BCUT2D eigenvalue weighted by Crippen LogP contribution is 2.40. The summed E-state index contributed by atoms with van der Waals surface area (Å²) in [7, 11) is 0. The molecular formula is C67H70Cl8N24O2S4. The third-order valence-electron chi connectivity index (χ3n) is 14.8. The molecule has 0 aliphatic heterocycles. The lowest BCUT2D eigenvalue weighted by Crippen LogP contribution is -2.27. The van der Waals surface area contributed by atoms with Gasteiger partial charge in [-0.25, -0.2) is 59.8 Å². The number of pyridine rings is 1. The number of aliphatic hydroxyl groups is 2. The van der Waals surface area contributed by atoms with Crippen LogP contribution in [0.25, 0.3) is 44.7 Å². The number of nitrogens with one attached hydrogen (secondary N) is 3. The maximum absolute atomic E-state index is 9.37. The molecule has 0 amide bonds. The second-order valence-electron chi connectivity index (χ2n) is 23.3. The van der Waals surface area contributed by atoms with Crippen LogP contribution < -0.4 is 38.9 Å². The van der Waals surface area contributed by atoms with Gasteiger partial charge in [-0.1, -0.05) is 160 Å². The number of nitrogens with zero attached hydrogens (tertiary/aromatic N) is 17. The average Bonchev–Trinajstić information content (AvgIpc) is 1.66. The molecule has 0 fully saturated rings. The van der Waals surface area contributed by atoms with Gasteiger partial charge >= 0.3 is 0 Å². The number of aliphatic hydroxyl groups excluding tert-OH is 2. The Labute approximate surface area is 660 Å². The molecule has 13 rings (SSSR count). The van der Waals surface area contributed by atoms with Gasteiger partial charge in [0.05, 0.1) is 27.3 Å². The lowest BCUT2D eigenvalue weighted by Gasteiger charge is -2.11. The zero-order chi connectivity index (χ0) is 74.8. The van der Waals surface area contributed by atoms with Crippen LogP contribution in [-0.2, 0) is 32.6 Å². The van der Waals surface area contributed by atoms with Crippen LogP contribution >= 0.6 is 140 Å². The molecule has 4 aromatic carbocycles. The minimum atomic E-state index is -0.408. The smallest absolute Gasteiger partial charge is 0.175 e. The van der Waals surface area contributed by atoms with E-state index in [1.807, 2.05) is 62.4 Å². The molecule has 13 N–H and O–H groups in total. The maximum Gasteiger partial charge on any atom is 0.175 e. The Kier molecular flexibility index (Phi) is 29.6. The Hall–Kier alpha value is -7.05. The van der Waals surface area contributed by atoms with E-state index in [0.29, 0.717) is 165 Å². The van der Waals surface area contributed by atoms with Crippen LogP contribution in [0.3, 0.4) is 0 Å². The van der Waals surface area contributed by atoms with Crippen molar-refractivity contribution >= 4 is 208 Å². The summed E-state index contributed by atoms with van der Waals surface area (Å²) in [5.41, 5.74) is 30.0. The first-order valence-electron chi connectivity index (χ1n) is 32.3. The lowest BCUT2D eigenvalue weighted by atomic mass is 10.2. The molecule has 0 saturated carbocycles. The van der Waals surface area contributed by atoms with Crippen LogP contribution in [0.5, 0.6) is 0 Å². The van der Waals surface area contributed by atoms with Crippen molar-refractivity contribution < 1.29 is 10.2 Å². The molecule has 1 unspecified atom stereocenters. The third-order valence-corrected chi connectivity index (χ3v) is 21.4. The molecule has 0 aliphatic carbocycles. The van der Waals surface area contributed by atoms with Crippen molar-refractivity contribution in [2.24, 2.45) is 0 Å². The van der Waals surface area contributed by atoms with Crippen LogP contribution in [0.4, 0.5) is 23.3 Å². The fourth-order valence-corrected chi connectivity index (χ4v) is 15.9. The predicted octanol–water partition coefficient (Wildman–Crippen LogP) is 14.4. The van der Waals surface area contributed by atoms with Crippen LogP contribution in [-0.4, -0.2) is 144 Å². The molecule has 0 aliphatic rings. The number of aryl methyl sites for hydroxylation is 3. The van der Waals surface area contributed by atoms with Crippen molar-refractivity contribution in [1.82, 2.24) is 99.0 Å². The van der Waals surface area contributed by atoms with Crippen molar-refractivity contribution in [2.45, 2.75) is 125 Å². The van der Waals surface area contributed by atoms with Crippen molar-refractivity contribution in [3.05, 3.63) is 168 Å². The van der Waals surface area contributed by atoms with Gasteiger partial charge in [-0.15, -0.1) is 0 Å². The number of hydrogen-bond acceptors (Lipinski definition) is 26. The van der Waals surface area contributed by atoms with Crippen molar-refractivity contribution in [3.63, 3.8) is 0 Å². The second kappa shape index (κ2) is 38.7. The van der Waals surface area contributed by atoms with Crippen molar-refractivity contribution in [3.8, 4) is 0 Å². The quantitative estimate of drug-likeness (QED) is 0.0227. The Morgan fingerprint density at radius 1 is 0.429 bits per heavy atom. The fraction of sp³-hybridized carbons (Fsp3) is 0.269. The summed E-state index contributed by atoms with van der Waals surface area (Å²) in [6.45, 7) is 13.6. The van der Waals surface area contributed by atoms with Gasteiger partial charge in [-0.2, -0.15) is 0 Å². The van der Waals surface area contributed by atoms with Gasteiger partial charge in [-0.05, 0) is 118 Å². The van der Waals surface area contributed by atoms with E-state index in [0.717, 1.165) is 67.0 Å². The van der Waals surface area contributed by atoms with E-state index in [9.17, 15) is 10.2 Å². The fourth-order valence-electron chi connectivity index (χ4n) is 9.93. The van der Waals surface area contributed by atoms with Crippen molar-refractivity contribution in [1.29, 1.82) is 0 Å². The largest absolute Gasteiger partial charge is 0.392 e. The number of anilines is 4. The molecule has 13 aromatic rings. The van der Waals surface area contributed by atoms with Gasteiger partial charge in [-0.3, -0.25) is 4.98 Å². The lowest BCUT2D eigenvalue weighted by molar-refractivity contribution is 0.190. The molecule has 0 spiro atoms. The minimum Gasteiger partial charge on any atom is -0.392 e. The second-order valence-corrected chi connectivity index (χ2v) is 30.8. The summed E-state index contributed by atoms with van der Waals surface area (Å²) >= 11 is 54.8. The summed E-state index contributed by atoms with van der Waals surface area (Å²) in [5, 5.41) is 36.0. The molecule has 9 aromatic heterocycles. The normalized spacial score (nSPS) is 12.0. The molecule has 26 nitrogen and oxygen atoms in total. The Morgan fingerprint density at radius 2 is 0.800 bits per heavy atom. The zero-order valence-electron chi connectivity index (χ0n) is 56.5. The summed E-state index contributed by atoms with van der Waals surface area (Å²) in [6, 6.07) is 25.9. The van der Waals surface area contributed by atoms with Crippen LogP contribution in [0.1, 0.15) is 39.7 Å². The number of aromatic nitrogens is 17. The Morgan fingerprint density at radius 3 is 1.15 bits per heavy atom. The Balaban J connectivity index is 0.000000150. The zero-order valence-corrected chi connectivity index (χ0v) is 65.8. The first-order chi connectivity index (χ1) is 50.5. The van der Waals surface area contributed by atoms with Gasteiger partial charge in [0.1, 0.15) is 25.3 Å². The molecular weight excluding hydrogens is 1580 g/mol.